The van der Waals surface area contributed by atoms with Gasteiger partial charge in [-0.1, -0.05) is 0 Å². The molecule has 10 heteroatoms. The van der Waals surface area contributed by atoms with Crippen molar-refractivity contribution in [1.29, 1.82) is 0 Å². The van der Waals surface area contributed by atoms with E-state index in [2.05, 4.69) is 4.52 Å². The van der Waals surface area contributed by atoms with Crippen LogP contribution in [-0.4, -0.2) is 55.7 Å². The van der Waals surface area contributed by atoms with E-state index in [9.17, 15) is 14.2 Å². The summed E-state index contributed by atoms with van der Waals surface area (Å²) < 4.78 is 14.1. The van der Waals surface area contributed by atoms with Gasteiger partial charge in [0.25, 0.3) is 0 Å². The van der Waals surface area contributed by atoms with Crippen LogP contribution in [0.1, 0.15) is 6.42 Å². The lowest BCUT2D eigenvalue weighted by molar-refractivity contribution is -0.150. The maximum atomic E-state index is 10.6. The third-order valence-electron chi connectivity index (χ3n) is 1.49. The average Bonchev–Trinajstić information content (AvgIpc) is 2.12. The first-order valence-corrected chi connectivity index (χ1v) is 5.49. The number of carboxylic acids is 1. The summed E-state index contributed by atoms with van der Waals surface area (Å²) in [5.41, 5.74) is 0. The molecule has 0 spiro atoms. The molecule has 0 aliphatic carbocycles. The molecular formula is C6H11O9P. The van der Waals surface area contributed by atoms with Gasteiger partial charge in [0, 0.05) is 6.42 Å². The van der Waals surface area contributed by atoms with Crippen molar-refractivity contribution in [3.05, 3.63) is 0 Å². The van der Waals surface area contributed by atoms with E-state index in [1.807, 2.05) is 0 Å². The largest absolute Gasteiger partial charge is 0.475 e. The van der Waals surface area contributed by atoms with E-state index in [0.29, 0.717) is 0 Å². The van der Waals surface area contributed by atoms with E-state index >= 15 is 0 Å². The van der Waals surface area contributed by atoms with E-state index in [0.717, 1.165) is 0 Å². The minimum atomic E-state index is -4.78. The van der Waals surface area contributed by atoms with E-state index in [1.165, 1.54) is 0 Å². The van der Waals surface area contributed by atoms with Crippen molar-refractivity contribution in [1.82, 2.24) is 0 Å². The minimum Gasteiger partial charge on any atom is -0.475 e. The predicted molar refractivity (Wildman–Crippen MR) is 47.3 cm³/mol. The molecule has 5 N–H and O–H groups in total. The summed E-state index contributed by atoms with van der Waals surface area (Å²) in [6, 6.07) is 0. The van der Waals surface area contributed by atoms with E-state index in [1.54, 1.807) is 0 Å². The van der Waals surface area contributed by atoms with Crippen molar-refractivity contribution < 1.29 is 43.8 Å². The Hall–Kier alpha value is -0.830. The van der Waals surface area contributed by atoms with Gasteiger partial charge in [-0.2, -0.15) is 0 Å². The molecule has 0 saturated heterocycles. The minimum absolute atomic E-state index is 0.874. The van der Waals surface area contributed by atoms with Gasteiger partial charge in [-0.3, -0.25) is 9.32 Å². The van der Waals surface area contributed by atoms with Crippen molar-refractivity contribution >= 4 is 19.6 Å². The highest BCUT2D eigenvalue weighted by molar-refractivity contribution is 7.46. The number of rotatable bonds is 7. The molecule has 9 nitrogen and oxygen atoms in total. The first kappa shape index (κ1) is 15.2. The first-order valence-electron chi connectivity index (χ1n) is 3.96. The lowest BCUT2D eigenvalue weighted by Gasteiger charge is -2.16. The summed E-state index contributed by atoms with van der Waals surface area (Å²) in [5.74, 6) is -3.11. The van der Waals surface area contributed by atoms with Crippen LogP contribution in [0.2, 0.25) is 0 Å². The summed E-state index contributed by atoms with van der Waals surface area (Å²) in [7, 11) is -4.78. The Morgan fingerprint density at radius 2 is 1.69 bits per heavy atom. The molecule has 0 aliphatic rings. The van der Waals surface area contributed by atoms with Crippen LogP contribution in [0.3, 0.4) is 0 Å². The van der Waals surface area contributed by atoms with Crippen molar-refractivity contribution in [3.63, 3.8) is 0 Å². The van der Waals surface area contributed by atoms with Crippen LogP contribution < -0.4 is 0 Å². The molecule has 0 aromatic heterocycles. The Morgan fingerprint density at radius 3 is 2.06 bits per heavy atom. The summed E-state index contributed by atoms with van der Waals surface area (Å²) in [5, 5.41) is 26.3. The Morgan fingerprint density at radius 1 is 1.19 bits per heavy atom. The maximum Gasteiger partial charge on any atom is 0.469 e. The fourth-order valence-electron chi connectivity index (χ4n) is 0.698. The number of carboxylic acid groups (broad SMARTS) is 1. The van der Waals surface area contributed by atoms with Gasteiger partial charge in [0.15, 0.2) is 0 Å². The van der Waals surface area contributed by atoms with Crippen LogP contribution in [0.25, 0.3) is 0 Å². The predicted octanol–water partition coefficient (Wildman–Crippen LogP) is -2.14. The molecule has 2 atom stereocenters. The lowest BCUT2D eigenvalue weighted by Crippen LogP contribution is -2.33. The quantitative estimate of drug-likeness (QED) is 0.253. The number of aliphatic hydroxyl groups is 2. The monoisotopic (exact) mass is 258 g/mol. The van der Waals surface area contributed by atoms with Gasteiger partial charge >= 0.3 is 13.8 Å². The van der Waals surface area contributed by atoms with Gasteiger partial charge in [-0.05, 0) is 0 Å². The van der Waals surface area contributed by atoms with Crippen LogP contribution in [0.4, 0.5) is 0 Å². The highest BCUT2D eigenvalue weighted by Gasteiger charge is 2.26. The molecule has 0 aromatic carbocycles. The number of phosphoric acid groups is 1. The number of hydrogen-bond donors (Lipinski definition) is 5. The topological polar surface area (TPSA) is 162 Å². The van der Waals surface area contributed by atoms with Crippen molar-refractivity contribution in [3.8, 4) is 0 Å². The molecule has 0 amide bonds. The molecular weight excluding hydrogens is 247 g/mol. The third-order valence-corrected chi connectivity index (χ3v) is 1.98. The molecule has 0 aromatic rings. The fourth-order valence-corrected chi connectivity index (χ4v) is 1.04. The number of aliphatic hydroxyl groups excluding tert-OH is 2. The van der Waals surface area contributed by atoms with Gasteiger partial charge in [0.1, 0.15) is 6.10 Å². The number of carbonyl (C=O) groups is 2. The molecule has 0 saturated carbocycles. The van der Waals surface area contributed by atoms with E-state index < -0.39 is 44.8 Å². The Kier molecular flexibility index (Phi) is 5.73. The van der Waals surface area contributed by atoms with Gasteiger partial charge in [-0.15, -0.1) is 0 Å². The van der Waals surface area contributed by atoms with Crippen molar-refractivity contribution in [2.24, 2.45) is 0 Å². The lowest BCUT2D eigenvalue weighted by atomic mass is 10.1. The van der Waals surface area contributed by atoms with Gasteiger partial charge < -0.3 is 25.1 Å². The zero-order valence-electron chi connectivity index (χ0n) is 7.89. The highest BCUT2D eigenvalue weighted by atomic mass is 31.2. The normalized spacial score (nSPS) is 15.5. The highest BCUT2D eigenvalue weighted by Crippen LogP contribution is 2.35. The summed E-state index contributed by atoms with van der Waals surface area (Å²) >= 11 is 0. The van der Waals surface area contributed by atoms with Crippen LogP contribution in [-0.2, 0) is 18.7 Å². The standard InChI is InChI=1S/C6H11O9P/c7-3(1-4(8)6(10)11)5(9)2-15-16(12,13)14/h3,5,7,9H,1-2H2,(H,10,11)(H2,12,13,14)/t3-,5+/m0/s1. The number of aliphatic carboxylic acids is 1. The smallest absolute Gasteiger partial charge is 0.469 e. The molecule has 16 heavy (non-hydrogen) atoms. The van der Waals surface area contributed by atoms with Crippen LogP contribution in [0.5, 0.6) is 0 Å². The maximum absolute atomic E-state index is 10.6. The summed E-state index contributed by atoms with van der Waals surface area (Å²) in [6.45, 7) is -0.918. The van der Waals surface area contributed by atoms with Gasteiger partial charge in [0.05, 0.1) is 12.7 Å². The number of carbonyl (C=O) groups excluding carboxylic acids is 1. The first-order chi connectivity index (χ1) is 7.13. The summed E-state index contributed by atoms with van der Waals surface area (Å²) in [6.07, 6.45) is -4.41. The molecule has 0 radical (unpaired) electrons. The van der Waals surface area contributed by atoms with Gasteiger partial charge in [0.2, 0.25) is 5.78 Å². The molecule has 0 unspecified atom stereocenters. The zero-order chi connectivity index (χ0) is 12.9. The number of Topliss-reactive ketones (excluding diaryl/α,β-unsaturated/α-hetero) is 1. The van der Waals surface area contributed by atoms with Crippen molar-refractivity contribution in [2.45, 2.75) is 18.6 Å². The molecule has 0 fully saturated rings. The molecule has 0 rings (SSSR count). The zero-order valence-corrected chi connectivity index (χ0v) is 8.78. The van der Waals surface area contributed by atoms with Gasteiger partial charge in [-0.25, -0.2) is 9.36 Å². The van der Waals surface area contributed by atoms with Crippen LogP contribution >= 0.6 is 7.82 Å². The SMILES string of the molecule is O=C(O)C(=O)C[C@H](O)[C@H](O)COP(=O)(O)O. The number of ketones is 1. The molecule has 0 aliphatic heterocycles. The third kappa shape index (κ3) is 6.62. The number of hydrogen-bond acceptors (Lipinski definition) is 6. The average molecular weight is 258 g/mol. The second kappa shape index (κ2) is 6.04. The van der Waals surface area contributed by atoms with Crippen LogP contribution in [0, 0.1) is 0 Å². The second-order valence-corrected chi connectivity index (χ2v) is 4.09. The Balaban J connectivity index is 4.09. The number of phosphoric ester groups is 1. The molecule has 94 valence electrons. The van der Waals surface area contributed by atoms with E-state index in [-0.39, 0.29) is 0 Å². The summed E-state index contributed by atoms with van der Waals surface area (Å²) in [4.78, 5) is 37.2. The molecule has 0 heterocycles. The second-order valence-electron chi connectivity index (χ2n) is 2.85. The Labute approximate surface area is 89.5 Å². The van der Waals surface area contributed by atoms with E-state index in [4.69, 9.17) is 25.1 Å². The Bertz CT molecular complexity index is 307. The fraction of sp³-hybridized carbons (Fsp3) is 0.667. The van der Waals surface area contributed by atoms with Crippen LogP contribution in [0.15, 0.2) is 0 Å². The molecule has 0 bridgehead atoms. The van der Waals surface area contributed by atoms with Crippen molar-refractivity contribution in [2.75, 3.05) is 6.61 Å².